The number of ether oxygens (including phenoxy) is 2. The maximum atomic E-state index is 11.0. The highest BCUT2D eigenvalue weighted by Crippen LogP contribution is 2.33. The number of hydrogen-bond acceptors (Lipinski definition) is 5. The molecule has 104 valence electrons. The molecule has 0 bridgehead atoms. The Morgan fingerprint density at radius 2 is 2.11 bits per heavy atom. The van der Waals surface area contributed by atoms with Gasteiger partial charge in [-0.1, -0.05) is 0 Å². The van der Waals surface area contributed by atoms with Crippen molar-refractivity contribution < 1.29 is 19.4 Å². The number of aliphatic carboxylic acids is 1. The van der Waals surface area contributed by atoms with E-state index in [1.54, 1.807) is 7.05 Å². The first-order valence-electron chi connectivity index (χ1n) is 6.12. The second-order valence-corrected chi connectivity index (χ2v) is 4.39. The average molecular weight is 266 g/mol. The fraction of sp³-hybridized carbons (Fsp3) is 0.462. The van der Waals surface area contributed by atoms with Crippen molar-refractivity contribution in [2.75, 3.05) is 38.8 Å². The predicted octanol–water partition coefficient (Wildman–Crippen LogP) is 0.567. The van der Waals surface area contributed by atoms with Crippen molar-refractivity contribution >= 4 is 11.7 Å². The third-order valence-corrected chi connectivity index (χ3v) is 3.07. The summed E-state index contributed by atoms with van der Waals surface area (Å²) in [5, 5.41) is 11.8. The van der Waals surface area contributed by atoms with Crippen molar-refractivity contribution in [2.24, 2.45) is 0 Å². The van der Waals surface area contributed by atoms with Gasteiger partial charge in [-0.25, -0.2) is 0 Å². The Bertz CT molecular complexity index is 464. The van der Waals surface area contributed by atoms with Crippen LogP contribution >= 0.6 is 0 Å². The summed E-state index contributed by atoms with van der Waals surface area (Å²) in [4.78, 5) is 12.9. The minimum absolute atomic E-state index is 0.367. The van der Waals surface area contributed by atoms with Crippen LogP contribution < -0.4 is 19.7 Å². The number of carbonyl (C=O) groups is 1. The predicted molar refractivity (Wildman–Crippen MR) is 71.2 cm³/mol. The van der Waals surface area contributed by atoms with E-state index in [-0.39, 0.29) is 0 Å². The molecule has 1 atom stereocenters. The molecular formula is C13H18N2O4. The lowest BCUT2D eigenvalue weighted by Crippen LogP contribution is -2.43. The van der Waals surface area contributed by atoms with Gasteiger partial charge < -0.3 is 24.8 Å². The molecule has 1 aliphatic rings. The lowest BCUT2D eigenvalue weighted by molar-refractivity contribution is -0.139. The number of rotatable bonds is 5. The molecule has 6 heteroatoms. The molecule has 1 aromatic rings. The highest BCUT2D eigenvalue weighted by atomic mass is 16.6. The van der Waals surface area contributed by atoms with Crippen molar-refractivity contribution in [3.63, 3.8) is 0 Å². The molecule has 2 N–H and O–H groups in total. The van der Waals surface area contributed by atoms with Crippen LogP contribution in [0.5, 0.6) is 11.5 Å². The molecular weight excluding hydrogens is 248 g/mol. The molecule has 2 rings (SSSR count). The van der Waals surface area contributed by atoms with Crippen LogP contribution in [0.2, 0.25) is 0 Å². The van der Waals surface area contributed by atoms with E-state index in [9.17, 15) is 4.79 Å². The van der Waals surface area contributed by atoms with Gasteiger partial charge in [-0.15, -0.1) is 0 Å². The van der Waals surface area contributed by atoms with E-state index < -0.39 is 12.0 Å². The molecule has 0 radical (unpaired) electrons. The van der Waals surface area contributed by atoms with Gasteiger partial charge in [0.15, 0.2) is 11.5 Å². The summed E-state index contributed by atoms with van der Waals surface area (Å²) in [5.74, 6) is 0.561. The summed E-state index contributed by atoms with van der Waals surface area (Å²) in [5.41, 5.74) is 0.894. The van der Waals surface area contributed by atoms with Crippen LogP contribution in [0.4, 0.5) is 5.69 Å². The maximum Gasteiger partial charge on any atom is 0.322 e. The quantitative estimate of drug-likeness (QED) is 0.812. The van der Waals surface area contributed by atoms with Crippen molar-refractivity contribution in [1.82, 2.24) is 5.32 Å². The molecule has 0 saturated carbocycles. The minimum atomic E-state index is -0.869. The van der Waals surface area contributed by atoms with Crippen molar-refractivity contribution in [3.8, 4) is 11.5 Å². The number of benzene rings is 1. The number of carboxylic acids is 1. The van der Waals surface area contributed by atoms with Gasteiger partial charge >= 0.3 is 5.97 Å². The van der Waals surface area contributed by atoms with Gasteiger partial charge in [0.25, 0.3) is 0 Å². The van der Waals surface area contributed by atoms with Crippen LogP contribution in [0.3, 0.4) is 0 Å². The molecule has 0 aromatic heterocycles. The number of nitrogens with zero attached hydrogens (tertiary/aromatic N) is 1. The van der Waals surface area contributed by atoms with Gasteiger partial charge in [0.05, 0.1) is 0 Å². The van der Waals surface area contributed by atoms with Crippen LogP contribution in [-0.2, 0) is 4.79 Å². The minimum Gasteiger partial charge on any atom is -0.486 e. The fourth-order valence-corrected chi connectivity index (χ4v) is 1.94. The number of anilines is 1. The van der Waals surface area contributed by atoms with Gasteiger partial charge in [0.2, 0.25) is 0 Å². The van der Waals surface area contributed by atoms with E-state index in [1.165, 1.54) is 0 Å². The van der Waals surface area contributed by atoms with Gasteiger partial charge in [-0.3, -0.25) is 4.79 Å². The zero-order valence-electron chi connectivity index (χ0n) is 11.0. The second-order valence-electron chi connectivity index (χ2n) is 4.39. The summed E-state index contributed by atoms with van der Waals surface area (Å²) in [6.07, 6.45) is 0. The third-order valence-electron chi connectivity index (χ3n) is 3.07. The van der Waals surface area contributed by atoms with Crippen LogP contribution in [-0.4, -0.2) is 51.0 Å². The Balaban J connectivity index is 2.10. The number of likely N-dealkylation sites (N-methyl/N-ethyl adjacent to an activating group) is 2. The van der Waals surface area contributed by atoms with Crippen molar-refractivity contribution in [3.05, 3.63) is 18.2 Å². The molecule has 0 amide bonds. The summed E-state index contributed by atoms with van der Waals surface area (Å²) < 4.78 is 11.0. The summed E-state index contributed by atoms with van der Waals surface area (Å²) >= 11 is 0. The zero-order valence-corrected chi connectivity index (χ0v) is 11.0. The monoisotopic (exact) mass is 266 g/mol. The second kappa shape index (κ2) is 5.79. The normalized spacial score (nSPS) is 14.8. The smallest absolute Gasteiger partial charge is 0.322 e. The van der Waals surface area contributed by atoms with Gasteiger partial charge in [0.1, 0.15) is 19.3 Å². The van der Waals surface area contributed by atoms with Gasteiger partial charge in [-0.05, 0) is 19.2 Å². The van der Waals surface area contributed by atoms with Crippen LogP contribution in [0.1, 0.15) is 0 Å². The average Bonchev–Trinajstić information content (AvgIpc) is 2.43. The van der Waals surface area contributed by atoms with E-state index >= 15 is 0 Å². The van der Waals surface area contributed by atoms with Crippen molar-refractivity contribution in [2.45, 2.75) is 6.04 Å². The maximum absolute atomic E-state index is 11.0. The SMILES string of the molecule is CNC(CN(C)c1ccc2c(c1)OCCO2)C(=O)O. The first-order valence-corrected chi connectivity index (χ1v) is 6.12. The first-order chi connectivity index (χ1) is 9.11. The largest absolute Gasteiger partial charge is 0.486 e. The molecule has 0 spiro atoms. The van der Waals surface area contributed by atoms with E-state index in [2.05, 4.69) is 5.32 Å². The molecule has 0 fully saturated rings. The zero-order chi connectivity index (χ0) is 13.8. The molecule has 6 nitrogen and oxygen atoms in total. The first kappa shape index (κ1) is 13.5. The number of fused-ring (bicyclic) bond motifs is 1. The lowest BCUT2D eigenvalue weighted by atomic mass is 10.2. The number of nitrogens with one attached hydrogen (secondary N) is 1. The Morgan fingerprint density at radius 1 is 1.42 bits per heavy atom. The summed E-state index contributed by atoms with van der Waals surface area (Å²) in [7, 11) is 3.48. The Kier molecular flexibility index (Phi) is 4.11. The van der Waals surface area contributed by atoms with Crippen LogP contribution in [0.15, 0.2) is 18.2 Å². The molecule has 1 aromatic carbocycles. The molecule has 19 heavy (non-hydrogen) atoms. The molecule has 1 aliphatic heterocycles. The molecule has 1 heterocycles. The van der Waals surface area contributed by atoms with E-state index in [1.807, 2.05) is 30.1 Å². The Hall–Kier alpha value is -1.95. The lowest BCUT2D eigenvalue weighted by Gasteiger charge is -2.25. The summed E-state index contributed by atoms with van der Waals surface area (Å²) in [6.45, 7) is 1.46. The van der Waals surface area contributed by atoms with E-state index in [4.69, 9.17) is 14.6 Å². The highest BCUT2D eigenvalue weighted by molar-refractivity contribution is 5.74. The Morgan fingerprint density at radius 3 is 2.74 bits per heavy atom. The number of hydrogen-bond donors (Lipinski definition) is 2. The van der Waals surface area contributed by atoms with Gasteiger partial charge in [0, 0.05) is 25.3 Å². The molecule has 0 saturated heterocycles. The molecule has 1 unspecified atom stereocenters. The van der Waals surface area contributed by atoms with Crippen LogP contribution in [0.25, 0.3) is 0 Å². The fourth-order valence-electron chi connectivity index (χ4n) is 1.94. The third kappa shape index (κ3) is 3.08. The highest BCUT2D eigenvalue weighted by Gasteiger charge is 2.19. The van der Waals surface area contributed by atoms with Crippen LogP contribution in [0, 0.1) is 0 Å². The molecule has 0 aliphatic carbocycles. The van der Waals surface area contributed by atoms with Crippen molar-refractivity contribution in [1.29, 1.82) is 0 Å². The summed E-state index contributed by atoms with van der Waals surface area (Å²) in [6, 6.07) is 4.99. The van der Waals surface area contributed by atoms with E-state index in [0.717, 1.165) is 11.4 Å². The topological polar surface area (TPSA) is 71.0 Å². The Labute approximate surface area is 111 Å². The number of carboxylic acid groups (broad SMARTS) is 1. The van der Waals surface area contributed by atoms with Gasteiger partial charge in [-0.2, -0.15) is 0 Å². The van der Waals surface area contributed by atoms with E-state index in [0.29, 0.717) is 25.5 Å². The standard InChI is InChI=1S/C13H18N2O4/c1-14-10(13(16)17)8-15(2)9-3-4-11-12(7-9)19-6-5-18-11/h3-4,7,10,14H,5-6,8H2,1-2H3,(H,16,17).